The lowest BCUT2D eigenvalue weighted by Crippen LogP contribution is -2.61. The van der Waals surface area contributed by atoms with E-state index in [-0.39, 0.29) is 12.1 Å². The van der Waals surface area contributed by atoms with Crippen molar-refractivity contribution in [1.82, 2.24) is 0 Å². The predicted molar refractivity (Wildman–Crippen MR) is 245 cm³/mol. The number of hydrogen-bond acceptors (Lipinski definition) is 2. The molecule has 2 aliphatic rings. The number of anilines is 6. The largest absolute Gasteiger partial charge is 0.311 e. The molecule has 0 amide bonds. The molecule has 10 rings (SSSR count). The highest BCUT2D eigenvalue weighted by molar-refractivity contribution is 7.00. The van der Waals surface area contributed by atoms with Crippen molar-refractivity contribution in [3.63, 3.8) is 0 Å². The molecule has 0 saturated carbocycles. The number of rotatable bonds is 5. The third-order valence-electron chi connectivity index (χ3n) is 11.9. The molecule has 8 aromatic carbocycles. The minimum absolute atomic E-state index is 0.0173. The SMILES string of the molecule is Cc1ccc(N2c3ccc(C)cc3B3c4cc(C(C)(C)C)ccc4N(c4ccccc4-c4ccccc4)c4cc(-c5cccc(-c6ccccc6)c5)cc2c43)cc1. The van der Waals surface area contributed by atoms with Crippen LogP contribution in [0.1, 0.15) is 37.5 Å². The molecule has 0 atom stereocenters. The summed E-state index contributed by atoms with van der Waals surface area (Å²) in [4.78, 5) is 5.09. The van der Waals surface area contributed by atoms with Gasteiger partial charge in [0.1, 0.15) is 0 Å². The molecule has 2 aliphatic heterocycles. The van der Waals surface area contributed by atoms with Gasteiger partial charge < -0.3 is 9.80 Å². The molecule has 8 aromatic rings. The van der Waals surface area contributed by atoms with E-state index < -0.39 is 0 Å². The van der Waals surface area contributed by atoms with E-state index in [9.17, 15) is 0 Å². The van der Waals surface area contributed by atoms with Crippen LogP contribution in [0.25, 0.3) is 33.4 Å². The van der Waals surface area contributed by atoms with Crippen molar-refractivity contribution in [1.29, 1.82) is 0 Å². The number of benzene rings is 8. The van der Waals surface area contributed by atoms with E-state index in [4.69, 9.17) is 0 Å². The average Bonchev–Trinajstić information content (AvgIpc) is 3.24. The Bertz CT molecular complexity index is 2800. The molecule has 0 bridgehead atoms. The molecule has 274 valence electrons. The smallest absolute Gasteiger partial charge is 0.252 e. The highest BCUT2D eigenvalue weighted by atomic mass is 15.2. The van der Waals surface area contributed by atoms with Crippen LogP contribution in [-0.2, 0) is 5.41 Å². The lowest BCUT2D eigenvalue weighted by Gasteiger charge is -2.45. The van der Waals surface area contributed by atoms with Crippen LogP contribution in [0.15, 0.2) is 182 Å². The van der Waals surface area contributed by atoms with Gasteiger partial charge in [-0.15, -0.1) is 0 Å². The van der Waals surface area contributed by atoms with Gasteiger partial charge in [-0.3, -0.25) is 0 Å². The molecule has 0 aliphatic carbocycles. The maximum atomic E-state index is 2.57. The Hall–Kier alpha value is -6.58. The van der Waals surface area contributed by atoms with E-state index in [1.54, 1.807) is 0 Å². The normalized spacial score (nSPS) is 12.9. The zero-order valence-electron chi connectivity index (χ0n) is 33.3. The van der Waals surface area contributed by atoms with Crippen molar-refractivity contribution in [2.75, 3.05) is 9.80 Å². The van der Waals surface area contributed by atoms with Crippen LogP contribution in [0.2, 0.25) is 0 Å². The van der Waals surface area contributed by atoms with E-state index in [1.807, 2.05) is 0 Å². The van der Waals surface area contributed by atoms with Gasteiger partial charge in [0.25, 0.3) is 6.71 Å². The number of para-hydroxylation sites is 1. The summed E-state index contributed by atoms with van der Waals surface area (Å²) in [6.45, 7) is 11.4. The summed E-state index contributed by atoms with van der Waals surface area (Å²) in [5.41, 5.74) is 22.3. The Balaban J connectivity index is 1.33. The Kier molecular flexibility index (Phi) is 8.30. The first-order chi connectivity index (χ1) is 27.7. The molecule has 2 heterocycles. The van der Waals surface area contributed by atoms with Gasteiger partial charge in [0.05, 0.1) is 5.69 Å². The summed E-state index contributed by atoms with van der Waals surface area (Å²) in [5, 5.41) is 0. The first-order valence-electron chi connectivity index (χ1n) is 20.1. The topological polar surface area (TPSA) is 6.48 Å². The number of hydrogen-bond donors (Lipinski definition) is 0. The van der Waals surface area contributed by atoms with Gasteiger partial charge in [-0.25, -0.2) is 0 Å². The quantitative estimate of drug-likeness (QED) is 0.163. The van der Waals surface area contributed by atoms with Crippen LogP contribution in [0.4, 0.5) is 34.1 Å². The Morgan fingerprint density at radius 1 is 0.386 bits per heavy atom. The highest BCUT2D eigenvalue weighted by Crippen LogP contribution is 2.48. The van der Waals surface area contributed by atoms with Gasteiger partial charge >= 0.3 is 0 Å². The van der Waals surface area contributed by atoms with Gasteiger partial charge in [-0.05, 0) is 118 Å². The first kappa shape index (κ1) is 34.9. The fourth-order valence-corrected chi connectivity index (χ4v) is 9.03. The number of fused-ring (bicyclic) bond motifs is 4. The number of nitrogens with zero attached hydrogens (tertiary/aromatic N) is 2. The molecule has 3 heteroatoms. The van der Waals surface area contributed by atoms with Crippen molar-refractivity contribution in [3.8, 4) is 33.4 Å². The monoisotopic (exact) mass is 732 g/mol. The summed E-state index contributed by atoms with van der Waals surface area (Å²) in [6.07, 6.45) is 0. The fourth-order valence-electron chi connectivity index (χ4n) is 9.03. The van der Waals surface area contributed by atoms with Crippen LogP contribution in [0.3, 0.4) is 0 Å². The molecule has 0 fully saturated rings. The second-order valence-corrected chi connectivity index (χ2v) is 16.8. The van der Waals surface area contributed by atoms with Crippen molar-refractivity contribution >= 4 is 57.2 Å². The summed E-state index contributed by atoms with van der Waals surface area (Å²) in [7, 11) is 0. The zero-order valence-corrected chi connectivity index (χ0v) is 33.3. The molecular weight excluding hydrogens is 687 g/mol. The maximum Gasteiger partial charge on any atom is 0.252 e. The Labute approximate surface area is 337 Å². The molecule has 57 heavy (non-hydrogen) atoms. The Morgan fingerprint density at radius 2 is 0.947 bits per heavy atom. The molecule has 0 N–H and O–H groups in total. The molecular formula is C54H45BN2. The minimum Gasteiger partial charge on any atom is -0.311 e. The van der Waals surface area contributed by atoms with E-state index >= 15 is 0 Å². The summed E-state index contributed by atoms with van der Waals surface area (Å²) in [5.74, 6) is 0. The molecule has 0 aromatic heterocycles. The third-order valence-corrected chi connectivity index (χ3v) is 11.9. The summed E-state index contributed by atoms with van der Waals surface area (Å²) in [6, 6.07) is 67.8. The van der Waals surface area contributed by atoms with E-state index in [0.717, 1.165) is 5.69 Å². The summed E-state index contributed by atoms with van der Waals surface area (Å²) < 4.78 is 0. The van der Waals surface area contributed by atoms with Gasteiger partial charge in [-0.1, -0.05) is 165 Å². The van der Waals surface area contributed by atoms with Gasteiger partial charge in [0, 0.05) is 34.0 Å². The van der Waals surface area contributed by atoms with Crippen LogP contribution in [0, 0.1) is 13.8 Å². The maximum absolute atomic E-state index is 2.57. The van der Waals surface area contributed by atoms with E-state index in [2.05, 4.69) is 226 Å². The minimum atomic E-state index is -0.0173. The van der Waals surface area contributed by atoms with Gasteiger partial charge in [-0.2, -0.15) is 0 Å². The van der Waals surface area contributed by atoms with Gasteiger partial charge in [0.15, 0.2) is 0 Å². The fraction of sp³-hybridized carbons (Fsp3) is 0.111. The Morgan fingerprint density at radius 3 is 1.67 bits per heavy atom. The lowest BCUT2D eigenvalue weighted by molar-refractivity contribution is 0.591. The summed E-state index contributed by atoms with van der Waals surface area (Å²) >= 11 is 0. The molecule has 0 radical (unpaired) electrons. The zero-order chi connectivity index (χ0) is 38.8. The van der Waals surface area contributed by atoms with Crippen LogP contribution in [-0.4, -0.2) is 6.71 Å². The molecule has 0 saturated heterocycles. The van der Waals surface area contributed by atoms with Crippen molar-refractivity contribution < 1.29 is 0 Å². The standard InChI is InChI=1S/C54H45BN2/c1-36-23-27-44(28-24-36)56-49-29-25-37(2)31-46(49)55-47-35-43(54(3,4)5)26-30-50(47)57(48-22-13-12-21-45(48)39-17-10-7-11-18-39)52-34-42(33-51(56)53(52)55)41-20-14-19-40(32-41)38-15-8-6-9-16-38/h6-35H,1-5H3. The van der Waals surface area contributed by atoms with Crippen molar-refractivity contribution in [3.05, 3.63) is 199 Å². The first-order valence-corrected chi connectivity index (χ1v) is 20.1. The molecule has 0 spiro atoms. The highest BCUT2D eigenvalue weighted by Gasteiger charge is 2.44. The van der Waals surface area contributed by atoms with Crippen molar-refractivity contribution in [2.24, 2.45) is 0 Å². The predicted octanol–water partition coefficient (Wildman–Crippen LogP) is 12.7. The second kappa shape index (κ2) is 13.6. The molecule has 2 nitrogen and oxygen atoms in total. The van der Waals surface area contributed by atoms with E-state index in [0.29, 0.717) is 0 Å². The van der Waals surface area contributed by atoms with Crippen molar-refractivity contribution in [2.45, 2.75) is 40.0 Å². The van der Waals surface area contributed by atoms with Gasteiger partial charge in [0.2, 0.25) is 0 Å². The van der Waals surface area contributed by atoms with Crippen LogP contribution >= 0.6 is 0 Å². The van der Waals surface area contributed by atoms with Crippen LogP contribution < -0.4 is 26.2 Å². The third kappa shape index (κ3) is 5.97. The molecule has 0 unspecified atom stereocenters. The number of aryl methyl sites for hydroxylation is 2. The van der Waals surface area contributed by atoms with E-state index in [1.165, 1.54) is 94.9 Å². The average molecular weight is 733 g/mol. The lowest BCUT2D eigenvalue weighted by atomic mass is 9.33. The second-order valence-electron chi connectivity index (χ2n) is 16.8. The van der Waals surface area contributed by atoms with Crippen LogP contribution in [0.5, 0.6) is 0 Å².